The van der Waals surface area contributed by atoms with E-state index in [2.05, 4.69) is 10.3 Å². The van der Waals surface area contributed by atoms with Gasteiger partial charge in [-0.1, -0.05) is 11.6 Å². The molecule has 1 atom stereocenters. The van der Waals surface area contributed by atoms with Crippen LogP contribution < -0.4 is 5.32 Å². The van der Waals surface area contributed by atoms with E-state index < -0.39 is 11.2 Å². The monoisotopic (exact) mass is 289 g/mol. The van der Waals surface area contributed by atoms with Crippen LogP contribution in [0.25, 0.3) is 0 Å². The number of nitrogens with one attached hydrogen (secondary N) is 1. The van der Waals surface area contributed by atoms with Crippen molar-refractivity contribution in [3.63, 3.8) is 0 Å². The van der Waals surface area contributed by atoms with Gasteiger partial charge in [0.25, 0.3) is 0 Å². The average molecular weight is 290 g/mol. The number of halogens is 1. The molecule has 0 aliphatic carbocycles. The van der Waals surface area contributed by atoms with Crippen molar-refractivity contribution >= 4 is 23.0 Å². The highest BCUT2D eigenvalue weighted by Crippen LogP contribution is 2.32. The number of anilines is 1. The first-order valence-corrected chi connectivity index (χ1v) is 5.97. The van der Waals surface area contributed by atoms with Crippen molar-refractivity contribution < 1.29 is 14.4 Å². The van der Waals surface area contributed by atoms with Crippen LogP contribution in [0.3, 0.4) is 0 Å². The fourth-order valence-corrected chi connectivity index (χ4v) is 1.86. The highest BCUT2D eigenvalue weighted by molar-refractivity contribution is 6.32. The SMILES string of the molecule is COCCC(Nc1cc(C)nc(Cl)c1[N+](=O)[O-])OC. The smallest absolute Gasteiger partial charge is 0.329 e. The van der Waals surface area contributed by atoms with Crippen molar-refractivity contribution in [2.75, 3.05) is 26.1 Å². The molecule has 1 rings (SSSR count). The first-order valence-electron chi connectivity index (χ1n) is 5.59. The first-order chi connectivity index (χ1) is 8.99. The predicted molar refractivity (Wildman–Crippen MR) is 71.6 cm³/mol. The van der Waals surface area contributed by atoms with Crippen LogP contribution in [0.2, 0.25) is 5.15 Å². The fourth-order valence-electron chi connectivity index (χ4n) is 1.56. The van der Waals surface area contributed by atoms with Gasteiger partial charge in [-0.15, -0.1) is 0 Å². The molecule has 0 aliphatic rings. The normalized spacial score (nSPS) is 12.2. The number of aryl methyl sites for hydroxylation is 1. The Morgan fingerprint density at radius 2 is 2.26 bits per heavy atom. The number of aromatic nitrogens is 1. The predicted octanol–water partition coefficient (Wildman–Crippen LogP) is 2.37. The number of ether oxygens (including phenoxy) is 2. The van der Waals surface area contributed by atoms with E-state index in [1.807, 2.05) is 0 Å². The van der Waals surface area contributed by atoms with Crippen LogP contribution in [-0.4, -0.2) is 37.0 Å². The van der Waals surface area contributed by atoms with Crippen molar-refractivity contribution in [3.8, 4) is 0 Å². The Morgan fingerprint density at radius 3 is 2.79 bits per heavy atom. The van der Waals surface area contributed by atoms with Crippen LogP contribution in [0.1, 0.15) is 12.1 Å². The zero-order chi connectivity index (χ0) is 14.4. The average Bonchev–Trinajstić information content (AvgIpc) is 2.32. The van der Waals surface area contributed by atoms with E-state index in [4.69, 9.17) is 21.1 Å². The van der Waals surface area contributed by atoms with E-state index in [9.17, 15) is 10.1 Å². The lowest BCUT2D eigenvalue weighted by Crippen LogP contribution is -2.24. The maximum absolute atomic E-state index is 11.0. The van der Waals surface area contributed by atoms with E-state index in [-0.39, 0.29) is 16.5 Å². The van der Waals surface area contributed by atoms with Crippen molar-refractivity contribution in [2.24, 2.45) is 0 Å². The molecule has 1 aromatic rings. The molecule has 8 heteroatoms. The van der Waals surface area contributed by atoms with Crippen LogP contribution in [0.15, 0.2) is 6.07 Å². The molecule has 0 fully saturated rings. The molecular weight excluding hydrogens is 274 g/mol. The maximum Gasteiger partial charge on any atom is 0.329 e. The Balaban J connectivity index is 3.01. The molecule has 1 aromatic heterocycles. The standard InChI is InChI=1S/C11H16ClN3O4/c1-7-6-8(10(15(16)17)11(12)13-7)14-9(19-3)4-5-18-2/h6,9H,4-5H2,1-3H3,(H,13,14). The van der Waals surface area contributed by atoms with Gasteiger partial charge >= 0.3 is 5.69 Å². The number of nitrogens with zero attached hydrogens (tertiary/aromatic N) is 2. The highest BCUT2D eigenvalue weighted by atomic mass is 35.5. The Bertz CT molecular complexity index is 456. The lowest BCUT2D eigenvalue weighted by Gasteiger charge is -2.18. The maximum atomic E-state index is 11.0. The number of hydrogen-bond donors (Lipinski definition) is 1. The number of rotatable bonds is 7. The summed E-state index contributed by atoms with van der Waals surface area (Å²) in [6.07, 6.45) is 0.139. The Hall–Kier alpha value is -1.44. The molecule has 1 N–H and O–H groups in total. The third kappa shape index (κ3) is 4.30. The van der Waals surface area contributed by atoms with Crippen LogP contribution in [0.5, 0.6) is 0 Å². The molecule has 0 bridgehead atoms. The minimum Gasteiger partial charge on any atom is -0.385 e. The molecule has 0 saturated carbocycles. The molecule has 0 aliphatic heterocycles. The second-order valence-electron chi connectivity index (χ2n) is 3.86. The summed E-state index contributed by atoms with van der Waals surface area (Å²) in [5.74, 6) is 0. The molecule has 0 spiro atoms. The summed E-state index contributed by atoms with van der Waals surface area (Å²) in [4.78, 5) is 14.3. The molecule has 1 unspecified atom stereocenters. The van der Waals surface area contributed by atoms with Crippen molar-refractivity contribution in [3.05, 3.63) is 27.0 Å². The van der Waals surface area contributed by atoms with E-state index in [0.29, 0.717) is 18.7 Å². The third-order valence-electron chi connectivity index (χ3n) is 2.45. The van der Waals surface area contributed by atoms with Crippen LogP contribution in [0.4, 0.5) is 11.4 Å². The molecule has 0 saturated heterocycles. The van der Waals surface area contributed by atoms with E-state index in [0.717, 1.165) is 0 Å². The largest absolute Gasteiger partial charge is 0.385 e. The summed E-state index contributed by atoms with van der Waals surface area (Å²) < 4.78 is 10.1. The molecule has 0 aromatic carbocycles. The Labute approximate surface area is 116 Å². The second kappa shape index (κ2) is 7.22. The van der Waals surface area contributed by atoms with E-state index >= 15 is 0 Å². The van der Waals surface area contributed by atoms with Gasteiger partial charge in [-0.3, -0.25) is 10.1 Å². The van der Waals surface area contributed by atoms with Crippen molar-refractivity contribution in [2.45, 2.75) is 19.6 Å². The van der Waals surface area contributed by atoms with E-state index in [1.165, 1.54) is 7.11 Å². The minimum atomic E-state index is -0.569. The first kappa shape index (κ1) is 15.6. The number of pyridine rings is 1. The second-order valence-corrected chi connectivity index (χ2v) is 4.22. The molecular formula is C11H16ClN3O4. The van der Waals surface area contributed by atoms with Crippen LogP contribution in [-0.2, 0) is 9.47 Å². The lowest BCUT2D eigenvalue weighted by atomic mass is 10.2. The summed E-state index contributed by atoms with van der Waals surface area (Å²) in [6.45, 7) is 2.18. The summed E-state index contributed by atoms with van der Waals surface area (Å²) in [5.41, 5.74) is 0.608. The molecule has 19 heavy (non-hydrogen) atoms. The van der Waals surface area contributed by atoms with Crippen LogP contribution >= 0.6 is 11.6 Å². The fraction of sp³-hybridized carbons (Fsp3) is 0.545. The van der Waals surface area contributed by atoms with Gasteiger partial charge in [0.15, 0.2) is 0 Å². The molecule has 106 valence electrons. The van der Waals surface area contributed by atoms with Gasteiger partial charge in [-0.2, -0.15) is 0 Å². The summed E-state index contributed by atoms with van der Waals surface area (Å²) in [5, 5.41) is 13.8. The lowest BCUT2D eigenvalue weighted by molar-refractivity contribution is -0.384. The summed E-state index contributed by atoms with van der Waals surface area (Å²) in [7, 11) is 3.08. The van der Waals surface area contributed by atoms with Gasteiger partial charge in [0, 0.05) is 26.3 Å². The van der Waals surface area contributed by atoms with Crippen LogP contribution in [0, 0.1) is 17.0 Å². The third-order valence-corrected chi connectivity index (χ3v) is 2.71. The molecule has 0 radical (unpaired) electrons. The van der Waals surface area contributed by atoms with E-state index in [1.54, 1.807) is 20.1 Å². The number of hydrogen-bond acceptors (Lipinski definition) is 6. The van der Waals surface area contributed by atoms with Gasteiger partial charge in [0.05, 0.1) is 11.5 Å². The van der Waals surface area contributed by atoms with Crippen molar-refractivity contribution in [1.29, 1.82) is 0 Å². The quantitative estimate of drug-likeness (QED) is 0.359. The topological polar surface area (TPSA) is 86.5 Å². The van der Waals surface area contributed by atoms with Gasteiger partial charge in [0.2, 0.25) is 5.15 Å². The minimum absolute atomic E-state index is 0.144. The zero-order valence-corrected chi connectivity index (χ0v) is 11.7. The molecule has 7 nitrogen and oxygen atoms in total. The molecule has 0 amide bonds. The van der Waals surface area contributed by atoms with Gasteiger partial charge in [-0.05, 0) is 13.0 Å². The molecule has 1 heterocycles. The van der Waals surface area contributed by atoms with Crippen molar-refractivity contribution in [1.82, 2.24) is 4.98 Å². The summed E-state index contributed by atoms with van der Waals surface area (Å²) in [6, 6.07) is 1.56. The van der Waals surface area contributed by atoms with Gasteiger partial charge in [-0.25, -0.2) is 4.98 Å². The Morgan fingerprint density at radius 1 is 1.58 bits per heavy atom. The van der Waals surface area contributed by atoms with Gasteiger partial charge < -0.3 is 14.8 Å². The number of nitro groups is 1. The van der Waals surface area contributed by atoms with Gasteiger partial charge in [0.1, 0.15) is 11.9 Å². The number of methoxy groups -OCH3 is 2. The zero-order valence-electron chi connectivity index (χ0n) is 11.0. The highest BCUT2D eigenvalue weighted by Gasteiger charge is 2.23. The summed E-state index contributed by atoms with van der Waals surface area (Å²) >= 11 is 5.80. The Kier molecular flexibility index (Phi) is 5.94.